The van der Waals surface area contributed by atoms with Crippen molar-refractivity contribution in [1.29, 1.82) is 0 Å². The van der Waals surface area contributed by atoms with Crippen molar-refractivity contribution in [3.63, 3.8) is 0 Å². The average molecular weight is 398 g/mol. The smallest absolute Gasteiger partial charge is 0.272 e. The van der Waals surface area contributed by atoms with Crippen molar-refractivity contribution < 1.29 is 9.90 Å². The zero-order chi connectivity index (χ0) is 20.9. The molecular formula is C23H18N4O3. The molecule has 1 atom stereocenters. The lowest BCUT2D eigenvalue weighted by molar-refractivity contribution is -0.133. The SMILES string of the molecule is C[C@@]1(O)C(=O)N(c2cncc(Cc3n[nH]c(=O)c4ccccc34)c2)c2ccccc21. The van der Waals surface area contributed by atoms with Crippen LogP contribution in [0.2, 0.25) is 0 Å². The molecule has 0 aliphatic carbocycles. The molecule has 2 aromatic carbocycles. The number of para-hydroxylation sites is 1. The maximum absolute atomic E-state index is 13.0. The van der Waals surface area contributed by atoms with Crippen molar-refractivity contribution >= 4 is 28.1 Å². The Balaban J connectivity index is 1.56. The lowest BCUT2D eigenvalue weighted by atomic mass is 9.98. The van der Waals surface area contributed by atoms with E-state index in [2.05, 4.69) is 15.2 Å². The van der Waals surface area contributed by atoms with Gasteiger partial charge in [0.1, 0.15) is 0 Å². The molecule has 1 amide bonds. The summed E-state index contributed by atoms with van der Waals surface area (Å²) in [6.45, 7) is 1.50. The number of carbonyl (C=O) groups excluding carboxylic acids is 1. The van der Waals surface area contributed by atoms with E-state index >= 15 is 0 Å². The van der Waals surface area contributed by atoms with Crippen LogP contribution in [0.1, 0.15) is 23.7 Å². The lowest BCUT2D eigenvalue weighted by Gasteiger charge is -2.20. The Morgan fingerprint density at radius 1 is 1.03 bits per heavy atom. The Morgan fingerprint density at radius 2 is 1.77 bits per heavy atom. The number of carbonyl (C=O) groups is 1. The van der Waals surface area contributed by atoms with E-state index in [9.17, 15) is 14.7 Å². The molecule has 1 aliphatic heterocycles. The minimum absolute atomic E-state index is 0.234. The second kappa shape index (κ2) is 6.60. The van der Waals surface area contributed by atoms with E-state index < -0.39 is 11.5 Å². The summed E-state index contributed by atoms with van der Waals surface area (Å²) in [6.07, 6.45) is 3.73. The predicted molar refractivity (Wildman–Crippen MR) is 113 cm³/mol. The highest BCUT2D eigenvalue weighted by atomic mass is 16.3. The fraction of sp³-hybridized carbons (Fsp3) is 0.130. The van der Waals surface area contributed by atoms with Crippen LogP contribution in [0, 0.1) is 0 Å². The second-order valence-corrected chi connectivity index (χ2v) is 7.50. The van der Waals surface area contributed by atoms with Gasteiger partial charge in [-0.2, -0.15) is 5.10 Å². The number of pyridine rings is 1. The van der Waals surface area contributed by atoms with Gasteiger partial charge < -0.3 is 5.11 Å². The van der Waals surface area contributed by atoms with Crippen LogP contribution in [0.25, 0.3) is 10.8 Å². The fourth-order valence-electron chi connectivity index (χ4n) is 3.97. The Kier molecular flexibility index (Phi) is 4.01. The highest BCUT2D eigenvalue weighted by molar-refractivity contribution is 6.11. The molecule has 7 nitrogen and oxygen atoms in total. The molecule has 0 saturated heterocycles. The minimum atomic E-state index is -1.59. The molecule has 5 rings (SSSR count). The van der Waals surface area contributed by atoms with Crippen molar-refractivity contribution in [2.24, 2.45) is 0 Å². The van der Waals surface area contributed by atoms with Crippen molar-refractivity contribution in [1.82, 2.24) is 15.2 Å². The van der Waals surface area contributed by atoms with Crippen LogP contribution < -0.4 is 10.5 Å². The molecule has 0 unspecified atom stereocenters. The third-order valence-corrected chi connectivity index (χ3v) is 5.47. The number of anilines is 2. The lowest BCUT2D eigenvalue weighted by Crippen LogP contribution is -2.35. The summed E-state index contributed by atoms with van der Waals surface area (Å²) >= 11 is 0. The van der Waals surface area contributed by atoms with Gasteiger partial charge in [0.2, 0.25) is 0 Å². The topological polar surface area (TPSA) is 99.2 Å². The van der Waals surface area contributed by atoms with Gasteiger partial charge in [-0.25, -0.2) is 5.10 Å². The minimum Gasteiger partial charge on any atom is -0.375 e. The number of aliphatic hydroxyl groups is 1. The molecular weight excluding hydrogens is 380 g/mol. The number of H-pyrrole nitrogens is 1. The number of aromatic amines is 1. The number of hydrogen-bond acceptors (Lipinski definition) is 5. The normalized spacial score (nSPS) is 18.1. The summed E-state index contributed by atoms with van der Waals surface area (Å²) in [4.78, 5) is 30.8. The van der Waals surface area contributed by atoms with Gasteiger partial charge >= 0.3 is 0 Å². The summed E-state index contributed by atoms with van der Waals surface area (Å²) < 4.78 is 0. The molecule has 30 heavy (non-hydrogen) atoms. The van der Waals surface area contributed by atoms with Crippen molar-refractivity contribution in [3.8, 4) is 0 Å². The Hall–Kier alpha value is -3.84. The van der Waals surface area contributed by atoms with Gasteiger partial charge in [0, 0.05) is 23.6 Å². The molecule has 2 N–H and O–H groups in total. The number of benzene rings is 2. The van der Waals surface area contributed by atoms with Crippen molar-refractivity contribution in [3.05, 3.63) is 94.2 Å². The molecule has 3 heterocycles. The third kappa shape index (κ3) is 2.71. The van der Waals surface area contributed by atoms with Crippen LogP contribution in [-0.2, 0) is 16.8 Å². The van der Waals surface area contributed by atoms with E-state index in [1.807, 2.05) is 30.3 Å². The van der Waals surface area contributed by atoms with Gasteiger partial charge in [-0.05, 0) is 30.7 Å². The molecule has 148 valence electrons. The number of amides is 1. The van der Waals surface area contributed by atoms with E-state index in [4.69, 9.17) is 0 Å². The monoisotopic (exact) mass is 398 g/mol. The van der Waals surface area contributed by atoms with Crippen LogP contribution in [0.15, 0.2) is 71.8 Å². The van der Waals surface area contributed by atoms with E-state index in [0.717, 1.165) is 10.9 Å². The van der Waals surface area contributed by atoms with Crippen molar-refractivity contribution in [2.45, 2.75) is 18.9 Å². The van der Waals surface area contributed by atoms with Crippen molar-refractivity contribution in [2.75, 3.05) is 4.90 Å². The van der Waals surface area contributed by atoms with Crippen LogP contribution in [0.3, 0.4) is 0 Å². The molecule has 0 radical (unpaired) electrons. The summed E-state index contributed by atoms with van der Waals surface area (Å²) in [7, 11) is 0. The summed E-state index contributed by atoms with van der Waals surface area (Å²) in [5, 5.41) is 18.8. The molecule has 0 fully saturated rings. The largest absolute Gasteiger partial charge is 0.375 e. The number of nitrogens with one attached hydrogen (secondary N) is 1. The van der Waals surface area contributed by atoms with Gasteiger partial charge in [0.05, 0.1) is 28.7 Å². The predicted octanol–water partition coefficient (Wildman–Crippen LogP) is 2.79. The summed E-state index contributed by atoms with van der Waals surface area (Å²) in [5.74, 6) is -0.421. The van der Waals surface area contributed by atoms with E-state index in [1.54, 1.807) is 36.7 Å². The van der Waals surface area contributed by atoms with Crippen LogP contribution in [0.5, 0.6) is 0 Å². The molecule has 0 bridgehead atoms. The van der Waals surface area contributed by atoms with E-state index in [-0.39, 0.29) is 5.56 Å². The first kappa shape index (κ1) is 18.2. The van der Waals surface area contributed by atoms with Crippen LogP contribution in [-0.4, -0.2) is 26.2 Å². The average Bonchev–Trinajstić information content (AvgIpc) is 2.96. The third-order valence-electron chi connectivity index (χ3n) is 5.47. The molecule has 2 aromatic heterocycles. The zero-order valence-corrected chi connectivity index (χ0v) is 16.2. The molecule has 0 spiro atoms. The van der Waals surface area contributed by atoms with Gasteiger partial charge in [-0.1, -0.05) is 36.4 Å². The Morgan fingerprint density at radius 3 is 2.60 bits per heavy atom. The first-order valence-corrected chi connectivity index (χ1v) is 9.53. The molecule has 7 heteroatoms. The molecule has 4 aromatic rings. The standard InChI is InChI=1S/C23H18N4O3/c1-23(30)18-8-4-5-9-20(18)27(22(23)29)15-10-14(12-24-13-15)11-19-16-6-2-3-7-17(16)21(28)26-25-19/h2-10,12-13,30H,11H2,1H3,(H,26,28)/t23-/m0/s1. The number of rotatable bonds is 3. The fourth-order valence-corrected chi connectivity index (χ4v) is 3.97. The van der Waals surface area contributed by atoms with Crippen LogP contribution in [0.4, 0.5) is 11.4 Å². The maximum Gasteiger partial charge on any atom is 0.272 e. The number of fused-ring (bicyclic) bond motifs is 2. The molecule has 0 saturated carbocycles. The summed E-state index contributed by atoms with van der Waals surface area (Å²) in [5.41, 5.74) is 1.48. The highest BCUT2D eigenvalue weighted by Gasteiger charge is 2.46. The number of nitrogens with zero attached hydrogens (tertiary/aromatic N) is 3. The highest BCUT2D eigenvalue weighted by Crippen LogP contribution is 2.43. The first-order chi connectivity index (χ1) is 14.5. The summed E-state index contributed by atoms with van der Waals surface area (Å²) in [6, 6.07) is 16.3. The second-order valence-electron chi connectivity index (χ2n) is 7.50. The van der Waals surface area contributed by atoms with Gasteiger partial charge in [0.25, 0.3) is 11.5 Å². The van der Waals surface area contributed by atoms with E-state index in [0.29, 0.717) is 34.4 Å². The van der Waals surface area contributed by atoms with Gasteiger partial charge in [0.15, 0.2) is 5.60 Å². The number of hydrogen-bond donors (Lipinski definition) is 2. The maximum atomic E-state index is 13.0. The Labute approximate surface area is 171 Å². The van der Waals surface area contributed by atoms with Gasteiger partial charge in [-0.3, -0.25) is 19.5 Å². The zero-order valence-electron chi connectivity index (χ0n) is 16.2. The van der Waals surface area contributed by atoms with Gasteiger partial charge in [-0.15, -0.1) is 0 Å². The Bertz CT molecular complexity index is 1360. The number of aromatic nitrogens is 3. The van der Waals surface area contributed by atoms with E-state index in [1.165, 1.54) is 11.8 Å². The quantitative estimate of drug-likeness (QED) is 0.553. The van der Waals surface area contributed by atoms with Crippen LogP contribution >= 0.6 is 0 Å². The first-order valence-electron chi connectivity index (χ1n) is 9.53. The molecule has 1 aliphatic rings.